The third kappa shape index (κ3) is 6.39. The number of rotatable bonds is 9. The van der Waals surface area contributed by atoms with Gasteiger partial charge in [0.15, 0.2) is 0 Å². The van der Waals surface area contributed by atoms with Gasteiger partial charge in [-0.05, 0) is 26.4 Å². The molecule has 6 nitrogen and oxygen atoms in total. The van der Waals surface area contributed by atoms with E-state index in [2.05, 4.69) is 41.2 Å². The average Bonchev–Trinajstić information content (AvgIpc) is 2.88. The standard InChI is InChI=1S/C14H27N5OS/c1-6-7-15-14-17-16-12(21-14)13(20)19(10-11(2)3)9-8-18(4)5/h11H,6-10H2,1-5H3,(H,15,17). The van der Waals surface area contributed by atoms with Crippen molar-refractivity contribution >= 4 is 22.4 Å². The van der Waals surface area contributed by atoms with E-state index >= 15 is 0 Å². The number of amides is 1. The summed E-state index contributed by atoms with van der Waals surface area (Å²) >= 11 is 1.33. The summed E-state index contributed by atoms with van der Waals surface area (Å²) in [6, 6.07) is 0. The molecule has 7 heteroatoms. The molecular weight excluding hydrogens is 286 g/mol. The molecule has 1 N–H and O–H groups in total. The van der Waals surface area contributed by atoms with Crippen molar-refractivity contribution in [2.24, 2.45) is 5.92 Å². The first-order chi connectivity index (χ1) is 9.93. The Labute approximate surface area is 131 Å². The fourth-order valence-corrected chi connectivity index (χ4v) is 2.52. The maximum Gasteiger partial charge on any atom is 0.284 e. The molecule has 0 aromatic carbocycles. The average molecular weight is 313 g/mol. The lowest BCUT2D eigenvalue weighted by atomic mass is 10.2. The van der Waals surface area contributed by atoms with Gasteiger partial charge >= 0.3 is 0 Å². The third-order valence-corrected chi connectivity index (χ3v) is 3.69. The van der Waals surface area contributed by atoms with E-state index in [-0.39, 0.29) is 5.91 Å². The molecule has 0 atom stereocenters. The van der Waals surface area contributed by atoms with Gasteiger partial charge < -0.3 is 15.1 Å². The first-order valence-corrected chi connectivity index (χ1v) is 8.27. The lowest BCUT2D eigenvalue weighted by Gasteiger charge is -2.25. The molecule has 1 amide bonds. The van der Waals surface area contributed by atoms with E-state index in [1.54, 1.807) is 0 Å². The summed E-state index contributed by atoms with van der Waals surface area (Å²) in [4.78, 5) is 16.5. The number of nitrogens with zero attached hydrogens (tertiary/aromatic N) is 4. The van der Waals surface area contributed by atoms with Crippen molar-refractivity contribution < 1.29 is 4.79 Å². The van der Waals surface area contributed by atoms with Crippen LogP contribution in [0, 0.1) is 5.92 Å². The van der Waals surface area contributed by atoms with E-state index in [0.29, 0.717) is 17.5 Å². The number of hydrogen-bond acceptors (Lipinski definition) is 6. The zero-order valence-corrected chi connectivity index (χ0v) is 14.5. The number of hydrogen-bond donors (Lipinski definition) is 1. The molecule has 120 valence electrons. The van der Waals surface area contributed by atoms with E-state index < -0.39 is 0 Å². The van der Waals surface area contributed by atoms with E-state index in [0.717, 1.165) is 31.2 Å². The zero-order chi connectivity index (χ0) is 15.8. The highest BCUT2D eigenvalue weighted by Crippen LogP contribution is 2.17. The Balaban J connectivity index is 2.71. The van der Waals surface area contributed by atoms with E-state index in [1.807, 2.05) is 19.0 Å². The molecular formula is C14H27N5OS. The summed E-state index contributed by atoms with van der Waals surface area (Å²) in [6.07, 6.45) is 1.02. The summed E-state index contributed by atoms with van der Waals surface area (Å²) in [5, 5.41) is 12.4. The fraction of sp³-hybridized carbons (Fsp3) is 0.786. The molecule has 0 radical (unpaired) electrons. The minimum Gasteiger partial charge on any atom is -0.360 e. The fourth-order valence-electron chi connectivity index (χ4n) is 1.79. The molecule has 0 spiro atoms. The normalized spacial score (nSPS) is 11.2. The number of aromatic nitrogens is 2. The third-order valence-electron chi connectivity index (χ3n) is 2.82. The molecule has 0 unspecified atom stereocenters. The number of nitrogens with one attached hydrogen (secondary N) is 1. The van der Waals surface area contributed by atoms with Gasteiger partial charge in [0.2, 0.25) is 10.1 Å². The molecule has 1 aromatic heterocycles. The number of carbonyl (C=O) groups excluding carboxylic acids is 1. The first kappa shape index (κ1) is 17.8. The largest absolute Gasteiger partial charge is 0.360 e. The van der Waals surface area contributed by atoms with Gasteiger partial charge in [-0.15, -0.1) is 10.2 Å². The quantitative estimate of drug-likeness (QED) is 0.756. The number of likely N-dealkylation sites (N-methyl/N-ethyl adjacent to an activating group) is 1. The highest BCUT2D eigenvalue weighted by atomic mass is 32.1. The maximum absolute atomic E-state index is 12.6. The Bertz CT molecular complexity index is 433. The van der Waals surface area contributed by atoms with Crippen molar-refractivity contribution in [2.45, 2.75) is 27.2 Å². The first-order valence-electron chi connectivity index (χ1n) is 7.45. The molecule has 21 heavy (non-hydrogen) atoms. The van der Waals surface area contributed by atoms with E-state index in [4.69, 9.17) is 0 Å². The van der Waals surface area contributed by atoms with Crippen LogP contribution in [-0.4, -0.2) is 66.2 Å². The molecule has 0 saturated heterocycles. The van der Waals surface area contributed by atoms with Crippen molar-refractivity contribution in [1.29, 1.82) is 0 Å². The van der Waals surface area contributed by atoms with Crippen LogP contribution in [-0.2, 0) is 0 Å². The molecule has 0 bridgehead atoms. The van der Waals surface area contributed by atoms with Crippen LogP contribution in [0.15, 0.2) is 0 Å². The molecule has 1 rings (SSSR count). The van der Waals surface area contributed by atoms with Crippen molar-refractivity contribution in [1.82, 2.24) is 20.0 Å². The van der Waals surface area contributed by atoms with Crippen molar-refractivity contribution in [3.8, 4) is 0 Å². The summed E-state index contributed by atoms with van der Waals surface area (Å²) in [6.45, 7) is 9.46. The maximum atomic E-state index is 12.6. The lowest BCUT2D eigenvalue weighted by molar-refractivity contribution is 0.0723. The molecule has 1 heterocycles. The van der Waals surface area contributed by atoms with Gasteiger partial charge in [-0.3, -0.25) is 4.79 Å². The van der Waals surface area contributed by atoms with Gasteiger partial charge in [-0.25, -0.2) is 0 Å². The minimum atomic E-state index is -0.0207. The predicted octanol–water partition coefficient (Wildman–Crippen LogP) is 2.02. The van der Waals surface area contributed by atoms with Gasteiger partial charge in [-0.1, -0.05) is 32.1 Å². The Kier molecular flexibility index (Phi) is 7.60. The lowest BCUT2D eigenvalue weighted by Crippen LogP contribution is -2.39. The van der Waals surface area contributed by atoms with Crippen LogP contribution < -0.4 is 5.32 Å². The highest BCUT2D eigenvalue weighted by Gasteiger charge is 2.21. The van der Waals surface area contributed by atoms with Crippen molar-refractivity contribution in [3.63, 3.8) is 0 Å². The molecule has 0 aliphatic rings. The SMILES string of the molecule is CCCNc1nnc(C(=O)N(CCN(C)C)CC(C)C)s1. The second kappa shape index (κ2) is 8.94. The number of carbonyl (C=O) groups is 1. The minimum absolute atomic E-state index is 0.0207. The van der Waals surface area contributed by atoms with Crippen LogP contribution >= 0.6 is 11.3 Å². The Morgan fingerprint density at radius 3 is 2.57 bits per heavy atom. The molecule has 0 aliphatic heterocycles. The summed E-state index contributed by atoms with van der Waals surface area (Å²) in [7, 11) is 4.02. The van der Waals surface area contributed by atoms with Crippen molar-refractivity contribution in [2.75, 3.05) is 45.6 Å². The Hall–Kier alpha value is -1.21. The van der Waals surface area contributed by atoms with E-state index in [9.17, 15) is 4.79 Å². The van der Waals surface area contributed by atoms with Gasteiger partial charge in [-0.2, -0.15) is 0 Å². The molecule has 1 aromatic rings. The topological polar surface area (TPSA) is 61.4 Å². The summed E-state index contributed by atoms with van der Waals surface area (Å²) in [5.74, 6) is 0.411. The number of anilines is 1. The predicted molar refractivity (Wildman–Crippen MR) is 88.0 cm³/mol. The monoisotopic (exact) mass is 313 g/mol. The van der Waals surface area contributed by atoms with Crippen LogP contribution in [0.1, 0.15) is 37.0 Å². The van der Waals surface area contributed by atoms with Gasteiger partial charge in [0.05, 0.1) is 0 Å². The van der Waals surface area contributed by atoms with Crippen LogP contribution in [0.4, 0.5) is 5.13 Å². The van der Waals surface area contributed by atoms with E-state index in [1.165, 1.54) is 11.3 Å². The Morgan fingerprint density at radius 1 is 1.29 bits per heavy atom. The van der Waals surface area contributed by atoms with Crippen molar-refractivity contribution in [3.05, 3.63) is 5.01 Å². The second-order valence-corrected chi connectivity index (χ2v) is 6.76. The van der Waals surface area contributed by atoms with Crippen LogP contribution in [0.25, 0.3) is 0 Å². The smallest absolute Gasteiger partial charge is 0.284 e. The molecule has 0 aliphatic carbocycles. The zero-order valence-electron chi connectivity index (χ0n) is 13.7. The second-order valence-electron chi connectivity index (χ2n) is 5.79. The van der Waals surface area contributed by atoms with Gasteiger partial charge in [0.25, 0.3) is 5.91 Å². The summed E-state index contributed by atoms with van der Waals surface area (Å²) in [5.41, 5.74) is 0. The molecule has 0 fully saturated rings. The van der Waals surface area contributed by atoms with Gasteiger partial charge in [0, 0.05) is 26.2 Å². The van der Waals surface area contributed by atoms with Crippen LogP contribution in [0.2, 0.25) is 0 Å². The highest BCUT2D eigenvalue weighted by molar-refractivity contribution is 7.17. The Morgan fingerprint density at radius 2 is 2.00 bits per heavy atom. The van der Waals surface area contributed by atoms with Gasteiger partial charge in [0.1, 0.15) is 0 Å². The molecule has 0 saturated carbocycles. The van der Waals surface area contributed by atoms with Crippen LogP contribution in [0.3, 0.4) is 0 Å². The van der Waals surface area contributed by atoms with Crippen LogP contribution in [0.5, 0.6) is 0 Å². The summed E-state index contributed by atoms with van der Waals surface area (Å²) < 4.78 is 0.